The van der Waals surface area contributed by atoms with E-state index in [1.165, 1.54) is 34.6 Å². The molecule has 1 heterocycles. The summed E-state index contributed by atoms with van der Waals surface area (Å²) in [6.45, 7) is 0.567. The predicted octanol–water partition coefficient (Wildman–Crippen LogP) is 1.63. The molecular weight excluding hydrogens is 158 g/mol. The summed E-state index contributed by atoms with van der Waals surface area (Å²) >= 11 is 1.84. The lowest BCUT2D eigenvalue weighted by Gasteiger charge is -1.91. The predicted molar refractivity (Wildman–Crippen MR) is 45.3 cm³/mol. The monoisotopic (exact) mass is 169 g/mol. The van der Waals surface area contributed by atoms with E-state index in [0.29, 0.717) is 6.61 Å². The van der Waals surface area contributed by atoms with Crippen molar-refractivity contribution in [3.8, 4) is 0 Å². The molecule has 0 fully saturated rings. The van der Waals surface area contributed by atoms with E-state index in [9.17, 15) is 0 Å². The minimum absolute atomic E-state index is 0.567. The number of rotatable bonds is 2. The van der Waals surface area contributed by atoms with Crippen LogP contribution < -0.4 is 5.90 Å². The molecule has 0 unspecified atom stereocenters. The SMILES string of the molecule is NOCc1cc2c(s1)CCC2. The van der Waals surface area contributed by atoms with Gasteiger partial charge in [0.1, 0.15) is 6.61 Å². The van der Waals surface area contributed by atoms with Gasteiger partial charge in [0.25, 0.3) is 0 Å². The Hall–Kier alpha value is -0.380. The number of hydrogen-bond acceptors (Lipinski definition) is 3. The summed E-state index contributed by atoms with van der Waals surface area (Å²) in [4.78, 5) is 7.38. The molecule has 1 aliphatic carbocycles. The fourth-order valence-corrected chi connectivity index (χ4v) is 2.73. The second-order valence-electron chi connectivity index (χ2n) is 2.83. The zero-order valence-corrected chi connectivity index (χ0v) is 7.12. The molecule has 3 heteroatoms. The first kappa shape index (κ1) is 7.28. The molecule has 0 amide bonds. The summed E-state index contributed by atoms with van der Waals surface area (Å²) in [6.07, 6.45) is 3.83. The first-order valence-corrected chi connectivity index (χ1v) is 4.64. The van der Waals surface area contributed by atoms with Crippen LogP contribution in [0.25, 0.3) is 0 Å². The summed E-state index contributed by atoms with van der Waals surface area (Å²) in [6, 6.07) is 2.22. The molecule has 1 aromatic rings. The molecule has 1 aromatic heterocycles. The molecule has 60 valence electrons. The second-order valence-corrected chi connectivity index (χ2v) is 4.05. The van der Waals surface area contributed by atoms with E-state index in [1.807, 2.05) is 11.3 Å². The summed E-state index contributed by atoms with van der Waals surface area (Å²) in [5, 5.41) is 0. The molecule has 0 spiro atoms. The highest BCUT2D eigenvalue weighted by Gasteiger charge is 2.14. The summed E-state index contributed by atoms with van der Waals surface area (Å²) in [5.41, 5.74) is 1.52. The number of fused-ring (bicyclic) bond motifs is 1. The van der Waals surface area contributed by atoms with E-state index in [2.05, 4.69) is 10.9 Å². The smallest absolute Gasteiger partial charge is 0.102 e. The van der Waals surface area contributed by atoms with Gasteiger partial charge >= 0.3 is 0 Å². The Morgan fingerprint density at radius 1 is 1.55 bits per heavy atom. The third kappa shape index (κ3) is 1.31. The van der Waals surface area contributed by atoms with Gasteiger partial charge in [-0.3, -0.25) is 4.84 Å². The molecule has 0 saturated carbocycles. The van der Waals surface area contributed by atoms with Gasteiger partial charge in [0, 0.05) is 9.75 Å². The second kappa shape index (κ2) is 2.93. The third-order valence-electron chi connectivity index (χ3n) is 2.02. The van der Waals surface area contributed by atoms with Crippen molar-refractivity contribution in [1.29, 1.82) is 0 Å². The van der Waals surface area contributed by atoms with Crippen LogP contribution in [0, 0.1) is 0 Å². The van der Waals surface area contributed by atoms with Crippen molar-refractivity contribution in [3.05, 3.63) is 21.4 Å². The highest BCUT2D eigenvalue weighted by atomic mass is 32.1. The van der Waals surface area contributed by atoms with Crippen molar-refractivity contribution in [2.45, 2.75) is 25.9 Å². The van der Waals surface area contributed by atoms with Gasteiger partial charge in [-0.05, 0) is 30.9 Å². The Labute approximate surface area is 69.9 Å². The van der Waals surface area contributed by atoms with E-state index < -0.39 is 0 Å². The van der Waals surface area contributed by atoms with Gasteiger partial charge in [-0.25, -0.2) is 5.90 Å². The maximum Gasteiger partial charge on any atom is 0.102 e. The molecule has 11 heavy (non-hydrogen) atoms. The standard InChI is InChI=1S/C8H11NOS/c9-10-5-7-4-6-2-1-3-8(6)11-7/h4H,1-3,5,9H2. The van der Waals surface area contributed by atoms with Crippen LogP contribution in [0.4, 0.5) is 0 Å². The fourth-order valence-electron chi connectivity index (χ4n) is 1.54. The molecule has 1 aliphatic rings. The molecule has 0 atom stereocenters. The maximum atomic E-state index is 4.99. The molecule has 2 N–H and O–H groups in total. The molecule has 2 nitrogen and oxygen atoms in total. The van der Waals surface area contributed by atoms with Gasteiger partial charge in [-0.15, -0.1) is 11.3 Å². The number of nitrogens with two attached hydrogens (primary N) is 1. The van der Waals surface area contributed by atoms with E-state index in [1.54, 1.807) is 0 Å². The van der Waals surface area contributed by atoms with Crippen molar-refractivity contribution in [1.82, 2.24) is 0 Å². The van der Waals surface area contributed by atoms with Gasteiger partial charge in [0.05, 0.1) is 0 Å². The topological polar surface area (TPSA) is 35.2 Å². The van der Waals surface area contributed by atoms with Crippen LogP contribution in [0.15, 0.2) is 6.07 Å². The van der Waals surface area contributed by atoms with Crippen LogP contribution in [-0.4, -0.2) is 0 Å². The summed E-state index contributed by atoms with van der Waals surface area (Å²) in [5.74, 6) is 4.99. The highest BCUT2D eigenvalue weighted by molar-refractivity contribution is 7.12. The number of aryl methyl sites for hydroxylation is 2. The number of thiophene rings is 1. The lowest BCUT2D eigenvalue weighted by Crippen LogP contribution is -1.96. The van der Waals surface area contributed by atoms with E-state index in [4.69, 9.17) is 5.90 Å². The first-order chi connectivity index (χ1) is 5.40. The van der Waals surface area contributed by atoms with Gasteiger partial charge in [-0.1, -0.05) is 0 Å². The zero-order chi connectivity index (χ0) is 7.68. The minimum atomic E-state index is 0.567. The van der Waals surface area contributed by atoms with Crippen molar-refractivity contribution in [3.63, 3.8) is 0 Å². The quantitative estimate of drug-likeness (QED) is 0.683. The fraction of sp³-hybridized carbons (Fsp3) is 0.500. The van der Waals surface area contributed by atoms with E-state index >= 15 is 0 Å². The zero-order valence-electron chi connectivity index (χ0n) is 6.30. The largest absolute Gasteiger partial charge is 0.299 e. The molecule has 2 rings (SSSR count). The van der Waals surface area contributed by atoms with E-state index in [-0.39, 0.29) is 0 Å². The molecule has 0 saturated heterocycles. The van der Waals surface area contributed by atoms with Crippen LogP contribution in [-0.2, 0) is 24.3 Å². The van der Waals surface area contributed by atoms with Crippen molar-refractivity contribution in [2.24, 2.45) is 5.90 Å². The van der Waals surface area contributed by atoms with Crippen LogP contribution in [0.1, 0.15) is 21.7 Å². The maximum absolute atomic E-state index is 4.99. The van der Waals surface area contributed by atoms with Gasteiger partial charge in [0.2, 0.25) is 0 Å². The third-order valence-corrected chi connectivity index (χ3v) is 3.23. The molecule has 0 aromatic carbocycles. The average molecular weight is 169 g/mol. The lowest BCUT2D eigenvalue weighted by molar-refractivity contribution is 0.126. The van der Waals surface area contributed by atoms with Crippen LogP contribution in [0.5, 0.6) is 0 Å². The van der Waals surface area contributed by atoms with Gasteiger partial charge in [-0.2, -0.15) is 0 Å². The van der Waals surface area contributed by atoms with E-state index in [0.717, 1.165) is 0 Å². The van der Waals surface area contributed by atoms with Crippen LogP contribution in [0.2, 0.25) is 0 Å². The molecule has 0 bridgehead atoms. The Morgan fingerprint density at radius 3 is 3.18 bits per heavy atom. The first-order valence-electron chi connectivity index (χ1n) is 3.82. The molecule has 0 radical (unpaired) electrons. The van der Waals surface area contributed by atoms with Gasteiger partial charge < -0.3 is 0 Å². The number of hydrogen-bond donors (Lipinski definition) is 1. The summed E-state index contributed by atoms with van der Waals surface area (Å²) < 4.78 is 0. The van der Waals surface area contributed by atoms with Crippen molar-refractivity contribution < 1.29 is 4.84 Å². The Kier molecular flexibility index (Phi) is 1.94. The highest BCUT2D eigenvalue weighted by Crippen LogP contribution is 2.30. The Morgan fingerprint density at radius 2 is 2.45 bits per heavy atom. The Balaban J connectivity index is 2.20. The van der Waals surface area contributed by atoms with Crippen molar-refractivity contribution in [2.75, 3.05) is 0 Å². The summed E-state index contributed by atoms with van der Waals surface area (Å²) in [7, 11) is 0. The lowest BCUT2D eigenvalue weighted by atomic mass is 10.2. The minimum Gasteiger partial charge on any atom is -0.299 e. The van der Waals surface area contributed by atoms with Crippen LogP contribution >= 0.6 is 11.3 Å². The van der Waals surface area contributed by atoms with Crippen molar-refractivity contribution >= 4 is 11.3 Å². The molecular formula is C8H11NOS. The Bertz CT molecular complexity index is 235. The molecule has 0 aliphatic heterocycles. The van der Waals surface area contributed by atoms with Crippen LogP contribution in [0.3, 0.4) is 0 Å². The van der Waals surface area contributed by atoms with Gasteiger partial charge in [0.15, 0.2) is 0 Å². The normalized spacial score (nSPS) is 15.4. The average Bonchev–Trinajstić information content (AvgIpc) is 2.46.